The molecule has 2 aromatic carbocycles. The molecule has 13 heteroatoms. The number of halogens is 4. The number of amides is 2. The second kappa shape index (κ2) is 13.5. The normalized spacial score (nSPS) is 19.2. The van der Waals surface area contributed by atoms with Crippen molar-refractivity contribution < 1.29 is 37.1 Å². The number of benzene rings is 2. The number of rotatable bonds is 6. The first-order valence-corrected chi connectivity index (χ1v) is 13.9. The minimum Gasteiger partial charge on any atom is -0.481 e. The molecule has 1 saturated carbocycles. The molecule has 2 aliphatic rings. The van der Waals surface area contributed by atoms with Crippen LogP contribution in [0.1, 0.15) is 48.4 Å². The number of hydrogen-bond acceptors (Lipinski definition) is 6. The van der Waals surface area contributed by atoms with Crippen molar-refractivity contribution >= 4 is 41.6 Å². The first-order chi connectivity index (χ1) is 20.1. The van der Waals surface area contributed by atoms with E-state index in [9.17, 15) is 32.7 Å². The van der Waals surface area contributed by atoms with E-state index in [1.165, 1.54) is 12.1 Å². The zero-order valence-electron chi connectivity index (χ0n) is 23.2. The summed E-state index contributed by atoms with van der Waals surface area (Å²) in [7, 11) is 0. The summed E-state index contributed by atoms with van der Waals surface area (Å²) in [6.45, 7) is 2.45. The highest BCUT2D eigenvalue weighted by Crippen LogP contribution is 2.36. The van der Waals surface area contributed by atoms with Gasteiger partial charge in [0.1, 0.15) is 0 Å². The second-order valence-electron chi connectivity index (χ2n) is 10.6. The largest absolute Gasteiger partial charge is 0.481 e. The van der Waals surface area contributed by atoms with E-state index in [1.54, 1.807) is 42.5 Å². The van der Waals surface area contributed by atoms with Crippen molar-refractivity contribution in [3.05, 3.63) is 66.1 Å². The molecule has 5 rings (SSSR count). The molecular formula is C30H32ClF3N4O5. The molecule has 1 saturated heterocycles. The van der Waals surface area contributed by atoms with Gasteiger partial charge in [0.05, 0.1) is 5.92 Å². The van der Waals surface area contributed by atoms with Crippen LogP contribution in [0.3, 0.4) is 0 Å². The average molecular weight is 621 g/mol. The molecule has 3 aromatic rings. The van der Waals surface area contributed by atoms with Gasteiger partial charge in [-0.15, -0.1) is 12.4 Å². The van der Waals surface area contributed by atoms with Crippen LogP contribution in [-0.4, -0.2) is 59.0 Å². The highest BCUT2D eigenvalue weighted by atomic mass is 35.5. The van der Waals surface area contributed by atoms with Gasteiger partial charge in [-0.25, -0.2) is 4.98 Å². The molecular weight excluding hydrogens is 589 g/mol. The fraction of sp³-hybridized carbons (Fsp3) is 0.400. The molecule has 1 aromatic heterocycles. The Bertz CT molecular complexity index is 1420. The fourth-order valence-electron chi connectivity index (χ4n) is 5.56. The predicted octanol–water partition coefficient (Wildman–Crippen LogP) is 5.96. The van der Waals surface area contributed by atoms with Crippen LogP contribution >= 0.6 is 12.4 Å². The number of oxazole rings is 1. The molecule has 0 unspecified atom stereocenters. The molecule has 9 nitrogen and oxygen atoms in total. The van der Waals surface area contributed by atoms with Crippen LogP contribution in [0.25, 0.3) is 11.5 Å². The Kier molecular flexibility index (Phi) is 10.0. The number of anilines is 2. The van der Waals surface area contributed by atoms with Crippen LogP contribution in [0.4, 0.5) is 24.5 Å². The highest BCUT2D eigenvalue weighted by Gasteiger charge is 2.42. The number of carbonyl (C=O) groups is 3. The zero-order chi connectivity index (χ0) is 29.9. The fourth-order valence-corrected chi connectivity index (χ4v) is 5.56. The molecule has 1 aliphatic heterocycles. The third-order valence-electron chi connectivity index (χ3n) is 7.84. The van der Waals surface area contributed by atoms with Crippen LogP contribution in [-0.2, 0) is 15.8 Å². The molecule has 43 heavy (non-hydrogen) atoms. The maximum atomic E-state index is 13.6. The molecule has 0 radical (unpaired) electrons. The topological polar surface area (TPSA) is 116 Å². The Balaban J connectivity index is 0.00000423. The highest BCUT2D eigenvalue weighted by molar-refractivity contribution is 6.04. The lowest BCUT2D eigenvalue weighted by Crippen LogP contribution is -2.40. The van der Waals surface area contributed by atoms with E-state index < -0.39 is 29.5 Å². The number of alkyl halides is 3. The van der Waals surface area contributed by atoms with Crippen molar-refractivity contribution in [1.82, 2.24) is 9.88 Å². The Hall–Kier alpha value is -4.06. The summed E-state index contributed by atoms with van der Waals surface area (Å²) in [5.41, 5.74) is 0.617. The second-order valence-corrected chi connectivity index (χ2v) is 10.6. The van der Waals surface area contributed by atoms with Gasteiger partial charge in [0.25, 0.3) is 5.91 Å². The van der Waals surface area contributed by atoms with E-state index in [-0.39, 0.29) is 36.0 Å². The van der Waals surface area contributed by atoms with Crippen LogP contribution < -0.4 is 10.2 Å². The zero-order valence-corrected chi connectivity index (χ0v) is 24.0. The number of nitrogens with one attached hydrogen (secondary N) is 1. The van der Waals surface area contributed by atoms with Crippen molar-refractivity contribution in [2.45, 2.75) is 38.3 Å². The number of nitrogens with zero attached hydrogens (tertiary/aromatic N) is 3. The summed E-state index contributed by atoms with van der Waals surface area (Å²) in [5, 5.41) is 11.7. The molecule has 230 valence electrons. The van der Waals surface area contributed by atoms with E-state index in [0.29, 0.717) is 63.1 Å². The minimum atomic E-state index is -4.91. The number of hydrogen-bond donors (Lipinski definition) is 2. The van der Waals surface area contributed by atoms with Gasteiger partial charge in [0, 0.05) is 49.0 Å². The monoisotopic (exact) mass is 620 g/mol. The van der Waals surface area contributed by atoms with Gasteiger partial charge in [0.2, 0.25) is 17.6 Å². The number of carboxylic acids is 1. The number of carboxylic acid groups (broad SMARTS) is 1. The van der Waals surface area contributed by atoms with Gasteiger partial charge in [0.15, 0.2) is 5.69 Å². The molecule has 1 aliphatic carbocycles. The molecule has 2 fully saturated rings. The Morgan fingerprint density at radius 2 is 1.53 bits per heavy atom. The van der Waals surface area contributed by atoms with Gasteiger partial charge in [-0.3, -0.25) is 14.4 Å². The molecule has 2 N–H and O–H groups in total. The van der Waals surface area contributed by atoms with Crippen molar-refractivity contribution in [3.63, 3.8) is 0 Å². The number of aromatic nitrogens is 1. The third kappa shape index (κ3) is 7.48. The maximum absolute atomic E-state index is 13.6. The van der Waals surface area contributed by atoms with Gasteiger partial charge in [-0.1, -0.05) is 18.2 Å². The summed E-state index contributed by atoms with van der Waals surface area (Å²) in [4.78, 5) is 45.0. The molecule has 0 bridgehead atoms. The summed E-state index contributed by atoms with van der Waals surface area (Å²) < 4.78 is 45.9. The quantitative estimate of drug-likeness (QED) is 0.349. The van der Waals surface area contributed by atoms with Gasteiger partial charge in [-0.05, 0) is 68.5 Å². The first kappa shape index (κ1) is 31.9. The lowest BCUT2D eigenvalue weighted by atomic mass is 9.81. The lowest BCUT2D eigenvalue weighted by Gasteiger charge is -2.30. The molecule has 0 spiro atoms. The molecule has 2 amide bonds. The van der Waals surface area contributed by atoms with Gasteiger partial charge in [-0.2, -0.15) is 13.2 Å². The van der Waals surface area contributed by atoms with E-state index in [4.69, 9.17) is 4.42 Å². The van der Waals surface area contributed by atoms with Crippen LogP contribution in [0.15, 0.2) is 59.0 Å². The van der Waals surface area contributed by atoms with E-state index >= 15 is 0 Å². The van der Waals surface area contributed by atoms with Crippen LogP contribution in [0.5, 0.6) is 0 Å². The van der Waals surface area contributed by atoms with Gasteiger partial charge >= 0.3 is 12.1 Å². The SMILES string of the molecule is Cl.O=C(Nc1ccc(N2CCCN(C(=O)[C@H]3CC[C@H](C(=O)O)CC3)CC2)cc1)c1nc(-c2ccccc2)oc1C(F)(F)F. The van der Waals surface area contributed by atoms with Crippen molar-refractivity contribution in [3.8, 4) is 11.5 Å². The van der Waals surface area contributed by atoms with E-state index in [0.717, 1.165) is 12.1 Å². The Labute approximate surface area is 252 Å². The molecule has 0 atom stereocenters. The summed E-state index contributed by atoms with van der Waals surface area (Å²) in [6.07, 6.45) is -1.92. The van der Waals surface area contributed by atoms with E-state index in [1.807, 2.05) is 4.90 Å². The maximum Gasteiger partial charge on any atom is 0.452 e. The number of aliphatic carboxylic acids is 1. The van der Waals surface area contributed by atoms with Gasteiger partial charge < -0.3 is 24.6 Å². The smallest absolute Gasteiger partial charge is 0.452 e. The predicted molar refractivity (Wildman–Crippen MR) is 155 cm³/mol. The first-order valence-electron chi connectivity index (χ1n) is 13.9. The summed E-state index contributed by atoms with van der Waals surface area (Å²) in [5.74, 6) is -4.02. The summed E-state index contributed by atoms with van der Waals surface area (Å²) in [6, 6.07) is 14.8. The molecule has 2 heterocycles. The van der Waals surface area contributed by atoms with Crippen LogP contribution in [0, 0.1) is 11.8 Å². The minimum absolute atomic E-state index is 0. The third-order valence-corrected chi connectivity index (χ3v) is 7.84. The Morgan fingerprint density at radius 1 is 0.884 bits per heavy atom. The van der Waals surface area contributed by atoms with Crippen molar-refractivity contribution in [2.24, 2.45) is 11.8 Å². The standard InChI is InChI=1S/C30H31F3N4O5.ClH/c31-30(32,33)25-24(35-27(42-25)19-5-2-1-3-6-19)26(38)34-22-11-13-23(14-12-22)36-15-4-16-37(18-17-36)28(39)20-7-9-21(10-8-20)29(40)41;/h1-3,5-6,11-14,20-21H,4,7-10,15-18H2,(H,34,38)(H,40,41);1H/t20-,21-;. The van der Waals surface area contributed by atoms with E-state index in [2.05, 4.69) is 15.2 Å². The average Bonchev–Trinajstić information content (AvgIpc) is 3.31. The van der Waals surface area contributed by atoms with Crippen LogP contribution in [0.2, 0.25) is 0 Å². The Morgan fingerprint density at radius 3 is 2.16 bits per heavy atom. The van der Waals surface area contributed by atoms with Crippen molar-refractivity contribution in [1.29, 1.82) is 0 Å². The summed E-state index contributed by atoms with van der Waals surface area (Å²) >= 11 is 0. The lowest BCUT2D eigenvalue weighted by molar-refractivity contribution is -0.153. The number of carbonyl (C=O) groups excluding carboxylic acids is 2. The van der Waals surface area contributed by atoms with Crippen molar-refractivity contribution in [2.75, 3.05) is 36.4 Å².